The van der Waals surface area contributed by atoms with Gasteiger partial charge in [-0.2, -0.15) is 0 Å². The van der Waals surface area contributed by atoms with Gasteiger partial charge in [-0.25, -0.2) is 0 Å². The Labute approximate surface area is 125 Å². The maximum atomic E-state index is 4.00. The molecule has 0 aliphatic carbocycles. The quantitative estimate of drug-likeness (QED) is 0.624. The van der Waals surface area contributed by atoms with E-state index >= 15 is 0 Å². The fourth-order valence-electron chi connectivity index (χ4n) is 2.66. The van der Waals surface area contributed by atoms with Gasteiger partial charge in [0.15, 0.2) is 25.2 Å². The summed E-state index contributed by atoms with van der Waals surface area (Å²) < 4.78 is 14.3. The molecule has 19 heavy (non-hydrogen) atoms. The van der Waals surface area contributed by atoms with Gasteiger partial charge in [0.1, 0.15) is 8.24 Å². The molecule has 8 heteroatoms. The maximum Gasteiger partial charge on any atom is 0.191 e. The molecule has 0 fully saturated rings. The Morgan fingerprint density at radius 3 is 1.26 bits per heavy atom. The van der Waals surface area contributed by atoms with Crippen LogP contribution >= 0.6 is 0 Å². The summed E-state index contributed by atoms with van der Waals surface area (Å²) in [5.41, 5.74) is 0. The molecule has 0 aliphatic rings. The molecule has 0 spiro atoms. The molecule has 0 unspecified atom stereocenters. The second kappa shape index (κ2) is 6.22. The van der Waals surface area contributed by atoms with E-state index < -0.39 is 33.4 Å². The van der Waals surface area contributed by atoms with Crippen LogP contribution in [0.3, 0.4) is 0 Å². The highest BCUT2D eigenvalue weighted by atomic mass is 28.5. The summed E-state index contributed by atoms with van der Waals surface area (Å²) in [6.45, 7) is 21.5. The lowest BCUT2D eigenvalue weighted by molar-refractivity contribution is 0.612. The zero-order chi connectivity index (χ0) is 15.7. The second-order valence-electron chi connectivity index (χ2n) is 8.33. The number of hydrogen-bond donors (Lipinski definition) is 3. The zero-order valence-electron chi connectivity index (χ0n) is 14.9. The second-order valence-corrected chi connectivity index (χ2v) is 26.3. The summed E-state index contributed by atoms with van der Waals surface area (Å²) in [5.74, 6) is 0. The minimum atomic E-state index is -1.60. The van der Waals surface area contributed by atoms with E-state index in [1.807, 2.05) is 0 Å². The molecular formula is C11H36N4Si4. The van der Waals surface area contributed by atoms with E-state index in [1.165, 1.54) is 0 Å². The molecule has 0 saturated carbocycles. The van der Waals surface area contributed by atoms with Crippen molar-refractivity contribution in [3.63, 3.8) is 0 Å². The van der Waals surface area contributed by atoms with Crippen LogP contribution < -0.4 is 13.9 Å². The highest BCUT2D eigenvalue weighted by molar-refractivity contribution is 6.99. The maximum absolute atomic E-state index is 4.00. The third-order valence-electron chi connectivity index (χ3n) is 3.05. The Balaban J connectivity index is 4.77. The van der Waals surface area contributed by atoms with Gasteiger partial charge in [0, 0.05) is 0 Å². The van der Waals surface area contributed by atoms with E-state index in [0.717, 1.165) is 0 Å². The van der Waals surface area contributed by atoms with Crippen LogP contribution in [0.1, 0.15) is 0 Å². The monoisotopic (exact) mass is 336 g/mol. The highest BCUT2D eigenvalue weighted by Crippen LogP contribution is 2.09. The van der Waals surface area contributed by atoms with Crippen LogP contribution in [-0.4, -0.2) is 52.1 Å². The molecule has 0 amide bonds. The molecular weight excluding hydrogens is 300 g/mol. The van der Waals surface area contributed by atoms with Crippen molar-refractivity contribution in [3.8, 4) is 0 Å². The largest absolute Gasteiger partial charge is 0.348 e. The summed E-state index contributed by atoms with van der Waals surface area (Å²) in [7, 11) is -1.48. The van der Waals surface area contributed by atoms with Crippen LogP contribution in [0.15, 0.2) is 0 Å². The fraction of sp³-hybridized carbons (Fsp3) is 1.00. The van der Waals surface area contributed by atoms with E-state index in [1.54, 1.807) is 0 Å². The van der Waals surface area contributed by atoms with E-state index in [9.17, 15) is 0 Å². The number of hydrogen-bond acceptors (Lipinski definition) is 4. The first-order valence-electron chi connectivity index (χ1n) is 7.12. The molecule has 0 rings (SSSR count). The van der Waals surface area contributed by atoms with Gasteiger partial charge in [-0.15, -0.1) is 0 Å². The number of nitrogens with one attached hydrogen (secondary N) is 3. The SMILES string of the molecule is CN(C)[Si](C)(C)N[Si](C)(C)N[Si](C)(C)N[Si](C)(C)C. The Hall–Kier alpha value is 0.708. The van der Waals surface area contributed by atoms with Gasteiger partial charge in [-0.3, -0.25) is 0 Å². The Morgan fingerprint density at radius 2 is 0.947 bits per heavy atom. The minimum Gasteiger partial charge on any atom is -0.348 e. The predicted molar refractivity (Wildman–Crippen MR) is 98.9 cm³/mol. The molecule has 0 aliphatic heterocycles. The van der Waals surface area contributed by atoms with Gasteiger partial charge in [0.05, 0.1) is 0 Å². The van der Waals surface area contributed by atoms with Gasteiger partial charge >= 0.3 is 0 Å². The standard InChI is InChI=1S/C11H36N4Si4/c1-15(2)19(10,11)14-18(8,9)13-17(6,7)12-16(3,4)5/h12-14H,1-11H3. The summed E-state index contributed by atoms with van der Waals surface area (Å²) in [5, 5.41) is 0. The molecule has 0 aromatic rings. The number of rotatable bonds is 7. The van der Waals surface area contributed by atoms with Gasteiger partial charge in [-0.1, -0.05) is 19.6 Å². The van der Waals surface area contributed by atoms with Crippen molar-refractivity contribution < 1.29 is 0 Å². The molecule has 116 valence electrons. The van der Waals surface area contributed by atoms with Crippen molar-refractivity contribution in [3.05, 3.63) is 0 Å². The summed E-state index contributed by atoms with van der Waals surface area (Å²) in [6.07, 6.45) is 0. The Kier molecular flexibility index (Phi) is 6.45. The van der Waals surface area contributed by atoms with Crippen LogP contribution in [0.4, 0.5) is 0 Å². The van der Waals surface area contributed by atoms with Crippen molar-refractivity contribution in [2.45, 2.75) is 58.9 Å². The number of nitrogens with zero attached hydrogens (tertiary/aromatic N) is 1. The molecule has 0 heterocycles. The lowest BCUT2D eigenvalue weighted by Crippen LogP contribution is -2.79. The first-order chi connectivity index (χ1) is 8.06. The van der Waals surface area contributed by atoms with E-state index in [-0.39, 0.29) is 0 Å². The van der Waals surface area contributed by atoms with Gasteiger partial charge in [-0.05, 0) is 53.4 Å². The lowest BCUT2D eigenvalue weighted by atomic mass is 11.3. The average molecular weight is 337 g/mol. The third-order valence-corrected chi connectivity index (χ3v) is 20.7. The minimum absolute atomic E-state index is 1.23. The van der Waals surface area contributed by atoms with Gasteiger partial charge in [0.2, 0.25) is 0 Å². The average Bonchev–Trinajstić information content (AvgIpc) is 1.91. The van der Waals surface area contributed by atoms with Crippen LogP contribution in [0.5, 0.6) is 0 Å². The summed E-state index contributed by atoms with van der Waals surface area (Å²) in [4.78, 5) is 0. The van der Waals surface area contributed by atoms with Crippen molar-refractivity contribution >= 4 is 33.4 Å². The molecule has 0 aromatic heterocycles. The molecule has 4 nitrogen and oxygen atoms in total. The van der Waals surface area contributed by atoms with Crippen molar-refractivity contribution in [1.82, 2.24) is 18.5 Å². The molecule has 0 radical (unpaired) electrons. The van der Waals surface area contributed by atoms with Crippen molar-refractivity contribution in [2.75, 3.05) is 14.1 Å². The fourth-order valence-corrected chi connectivity index (χ4v) is 25.0. The Bertz CT molecular complexity index is 298. The lowest BCUT2D eigenvalue weighted by Gasteiger charge is -2.43. The van der Waals surface area contributed by atoms with Gasteiger partial charge in [0.25, 0.3) is 0 Å². The molecule has 0 aromatic carbocycles. The van der Waals surface area contributed by atoms with E-state index in [0.29, 0.717) is 0 Å². The van der Waals surface area contributed by atoms with Crippen LogP contribution in [0.25, 0.3) is 0 Å². The highest BCUT2D eigenvalue weighted by Gasteiger charge is 2.39. The molecule has 3 N–H and O–H groups in total. The molecule has 0 atom stereocenters. The van der Waals surface area contributed by atoms with Crippen molar-refractivity contribution in [2.24, 2.45) is 0 Å². The smallest absolute Gasteiger partial charge is 0.191 e. The first-order valence-corrected chi connectivity index (χ1v) is 19.6. The van der Waals surface area contributed by atoms with E-state index in [4.69, 9.17) is 0 Å². The zero-order valence-corrected chi connectivity index (χ0v) is 18.9. The van der Waals surface area contributed by atoms with Gasteiger partial charge < -0.3 is 18.5 Å². The van der Waals surface area contributed by atoms with Crippen LogP contribution in [0.2, 0.25) is 58.9 Å². The third kappa shape index (κ3) is 8.55. The van der Waals surface area contributed by atoms with Crippen molar-refractivity contribution in [1.29, 1.82) is 0 Å². The van der Waals surface area contributed by atoms with E-state index in [2.05, 4.69) is 91.5 Å². The predicted octanol–water partition coefficient (Wildman–Crippen LogP) is 2.26. The van der Waals surface area contributed by atoms with Crippen LogP contribution in [0, 0.1) is 0 Å². The van der Waals surface area contributed by atoms with Crippen LogP contribution in [-0.2, 0) is 0 Å². The molecule has 0 saturated heterocycles. The molecule has 0 bridgehead atoms. The summed E-state index contributed by atoms with van der Waals surface area (Å²) >= 11 is 0. The topological polar surface area (TPSA) is 39.3 Å². The normalized spacial score (nSPS) is 15.2. The summed E-state index contributed by atoms with van der Waals surface area (Å²) in [6, 6.07) is 0. The Morgan fingerprint density at radius 1 is 0.579 bits per heavy atom. The first kappa shape index (κ1) is 19.7.